The van der Waals surface area contributed by atoms with Crippen LogP contribution in [0.5, 0.6) is 0 Å². The van der Waals surface area contributed by atoms with Crippen molar-refractivity contribution in [3.05, 3.63) is 22.6 Å². The van der Waals surface area contributed by atoms with E-state index in [1.807, 2.05) is 4.90 Å². The van der Waals surface area contributed by atoms with Gasteiger partial charge in [-0.2, -0.15) is 0 Å². The van der Waals surface area contributed by atoms with Crippen LogP contribution in [0.4, 0.5) is 0 Å². The molecule has 2 heterocycles. The highest BCUT2D eigenvalue weighted by atomic mass is 79.9. The number of nitrogens with zero attached hydrogens (tertiary/aromatic N) is 1. The van der Waals surface area contributed by atoms with Crippen LogP contribution in [0.3, 0.4) is 0 Å². The van der Waals surface area contributed by atoms with Crippen molar-refractivity contribution in [1.29, 1.82) is 0 Å². The molecule has 1 N–H and O–H groups in total. The first-order chi connectivity index (χ1) is 9.20. The maximum absolute atomic E-state index is 12.4. The van der Waals surface area contributed by atoms with E-state index in [4.69, 9.17) is 4.42 Å². The molecule has 2 rings (SSSR count). The molecule has 1 amide bonds. The Morgan fingerprint density at radius 3 is 3.00 bits per heavy atom. The first kappa shape index (κ1) is 14.6. The number of amides is 1. The molecule has 19 heavy (non-hydrogen) atoms. The summed E-state index contributed by atoms with van der Waals surface area (Å²) in [6.07, 6.45) is 4.47. The van der Waals surface area contributed by atoms with Gasteiger partial charge in [-0.05, 0) is 53.9 Å². The summed E-state index contributed by atoms with van der Waals surface area (Å²) in [5.74, 6) is 0.411. The molecule has 1 unspecified atom stereocenters. The molecule has 1 fully saturated rings. The van der Waals surface area contributed by atoms with Gasteiger partial charge in [-0.1, -0.05) is 13.3 Å². The van der Waals surface area contributed by atoms with Crippen molar-refractivity contribution in [3.63, 3.8) is 0 Å². The lowest BCUT2D eigenvalue weighted by Gasteiger charge is -2.25. The monoisotopic (exact) mass is 328 g/mol. The lowest BCUT2D eigenvalue weighted by atomic mass is 10.2. The van der Waals surface area contributed by atoms with Crippen molar-refractivity contribution in [1.82, 2.24) is 10.2 Å². The minimum Gasteiger partial charge on any atom is -0.444 e. The number of hydrogen-bond donors (Lipinski definition) is 1. The molecule has 1 aromatic rings. The third-order valence-electron chi connectivity index (χ3n) is 3.46. The van der Waals surface area contributed by atoms with Crippen LogP contribution in [0.1, 0.15) is 43.2 Å². The molecular weight excluding hydrogens is 308 g/mol. The fourth-order valence-corrected chi connectivity index (χ4v) is 2.69. The van der Waals surface area contributed by atoms with Gasteiger partial charge in [0.15, 0.2) is 10.4 Å². The van der Waals surface area contributed by atoms with Gasteiger partial charge < -0.3 is 14.6 Å². The molecule has 5 heteroatoms. The average molecular weight is 329 g/mol. The Morgan fingerprint density at radius 2 is 2.42 bits per heavy atom. The normalized spacial score (nSPS) is 18.7. The molecule has 4 nitrogen and oxygen atoms in total. The lowest BCUT2D eigenvalue weighted by molar-refractivity contribution is 0.0706. The third-order valence-corrected chi connectivity index (χ3v) is 3.88. The van der Waals surface area contributed by atoms with Crippen molar-refractivity contribution >= 4 is 21.8 Å². The van der Waals surface area contributed by atoms with Gasteiger partial charge in [0.25, 0.3) is 5.91 Å². The Labute approximate surface area is 122 Å². The zero-order valence-corrected chi connectivity index (χ0v) is 12.9. The van der Waals surface area contributed by atoms with Crippen LogP contribution in [-0.2, 0) is 0 Å². The van der Waals surface area contributed by atoms with E-state index in [1.165, 1.54) is 6.42 Å². The van der Waals surface area contributed by atoms with Gasteiger partial charge in [-0.15, -0.1) is 0 Å². The van der Waals surface area contributed by atoms with Crippen molar-refractivity contribution < 1.29 is 9.21 Å². The first-order valence-corrected chi connectivity index (χ1v) is 7.78. The fraction of sp³-hybridized carbons (Fsp3) is 0.643. The number of carbonyl (C=O) groups excluding carboxylic acids is 1. The molecule has 0 saturated carbocycles. The molecule has 0 spiro atoms. The fourth-order valence-electron chi connectivity index (χ4n) is 2.39. The molecular formula is C14H21BrN2O2. The number of carbonyl (C=O) groups is 1. The van der Waals surface area contributed by atoms with Gasteiger partial charge in [-0.25, -0.2) is 0 Å². The molecule has 0 bridgehead atoms. The minimum atomic E-state index is -0.00662. The number of furan rings is 1. The zero-order chi connectivity index (χ0) is 13.7. The molecule has 1 aromatic heterocycles. The zero-order valence-electron chi connectivity index (χ0n) is 11.3. The summed E-state index contributed by atoms with van der Waals surface area (Å²) in [6, 6.07) is 3.92. The Bertz CT molecular complexity index is 413. The maximum Gasteiger partial charge on any atom is 0.289 e. The van der Waals surface area contributed by atoms with E-state index in [9.17, 15) is 4.79 Å². The molecule has 1 aliphatic rings. The van der Waals surface area contributed by atoms with Gasteiger partial charge in [0, 0.05) is 19.1 Å². The van der Waals surface area contributed by atoms with Gasteiger partial charge >= 0.3 is 0 Å². The number of rotatable bonds is 6. The standard InChI is InChI=1S/C14H21BrN2O2/c1-2-3-9-17(10-11-5-4-8-16-11)14(18)12-6-7-13(15)19-12/h6-7,11,16H,2-5,8-10H2,1H3. The summed E-state index contributed by atoms with van der Waals surface area (Å²) in [7, 11) is 0. The summed E-state index contributed by atoms with van der Waals surface area (Å²) >= 11 is 3.24. The second-order valence-electron chi connectivity index (χ2n) is 5.00. The predicted octanol–water partition coefficient (Wildman–Crippen LogP) is 3.04. The van der Waals surface area contributed by atoms with E-state index < -0.39 is 0 Å². The van der Waals surface area contributed by atoms with Crippen LogP contribution in [-0.4, -0.2) is 36.5 Å². The second-order valence-corrected chi connectivity index (χ2v) is 5.78. The van der Waals surface area contributed by atoms with Crippen molar-refractivity contribution in [2.24, 2.45) is 0 Å². The average Bonchev–Trinajstić information content (AvgIpc) is 3.05. The van der Waals surface area contributed by atoms with E-state index in [-0.39, 0.29) is 5.91 Å². The number of hydrogen-bond acceptors (Lipinski definition) is 3. The lowest BCUT2D eigenvalue weighted by Crippen LogP contribution is -2.41. The van der Waals surface area contributed by atoms with E-state index in [0.717, 1.165) is 38.9 Å². The first-order valence-electron chi connectivity index (χ1n) is 6.98. The van der Waals surface area contributed by atoms with Gasteiger partial charge in [0.1, 0.15) is 0 Å². The van der Waals surface area contributed by atoms with E-state index in [0.29, 0.717) is 16.5 Å². The summed E-state index contributed by atoms with van der Waals surface area (Å²) in [5.41, 5.74) is 0. The quantitative estimate of drug-likeness (QED) is 0.873. The number of halogens is 1. The van der Waals surface area contributed by atoms with Crippen LogP contribution in [0.15, 0.2) is 21.2 Å². The van der Waals surface area contributed by atoms with Crippen LogP contribution < -0.4 is 5.32 Å². The molecule has 0 aromatic carbocycles. The highest BCUT2D eigenvalue weighted by Crippen LogP contribution is 2.17. The van der Waals surface area contributed by atoms with Gasteiger partial charge in [-0.3, -0.25) is 4.79 Å². The summed E-state index contributed by atoms with van der Waals surface area (Å²) in [6.45, 7) is 4.77. The molecule has 0 radical (unpaired) electrons. The Morgan fingerprint density at radius 1 is 1.58 bits per heavy atom. The Kier molecular flexibility index (Phi) is 5.45. The molecule has 0 aliphatic carbocycles. The third kappa shape index (κ3) is 4.08. The Balaban J connectivity index is 2.00. The van der Waals surface area contributed by atoms with E-state index >= 15 is 0 Å². The highest BCUT2D eigenvalue weighted by Gasteiger charge is 2.23. The maximum atomic E-state index is 12.4. The molecule has 1 atom stereocenters. The Hall–Kier alpha value is -0.810. The van der Waals surface area contributed by atoms with Crippen molar-refractivity contribution in [2.75, 3.05) is 19.6 Å². The van der Waals surface area contributed by atoms with Gasteiger partial charge in [0.2, 0.25) is 0 Å². The number of unbranched alkanes of at least 4 members (excludes halogenated alkanes) is 1. The highest BCUT2D eigenvalue weighted by molar-refractivity contribution is 9.10. The topological polar surface area (TPSA) is 45.5 Å². The van der Waals surface area contributed by atoms with Crippen LogP contribution >= 0.6 is 15.9 Å². The molecule has 1 saturated heterocycles. The molecule has 106 valence electrons. The van der Waals surface area contributed by atoms with E-state index in [1.54, 1.807) is 12.1 Å². The minimum absolute atomic E-state index is 0.00662. The summed E-state index contributed by atoms with van der Waals surface area (Å²) in [5, 5.41) is 3.44. The van der Waals surface area contributed by atoms with Crippen molar-refractivity contribution in [3.8, 4) is 0 Å². The van der Waals surface area contributed by atoms with Crippen LogP contribution in [0.2, 0.25) is 0 Å². The van der Waals surface area contributed by atoms with E-state index in [2.05, 4.69) is 28.2 Å². The molecule has 1 aliphatic heterocycles. The van der Waals surface area contributed by atoms with Crippen molar-refractivity contribution in [2.45, 2.75) is 38.6 Å². The summed E-state index contributed by atoms with van der Waals surface area (Å²) < 4.78 is 5.98. The van der Waals surface area contributed by atoms with Gasteiger partial charge in [0.05, 0.1) is 0 Å². The largest absolute Gasteiger partial charge is 0.444 e. The predicted molar refractivity (Wildman–Crippen MR) is 78.2 cm³/mol. The van der Waals surface area contributed by atoms with Crippen LogP contribution in [0, 0.1) is 0 Å². The summed E-state index contributed by atoms with van der Waals surface area (Å²) in [4.78, 5) is 14.3. The number of nitrogens with one attached hydrogen (secondary N) is 1. The van der Waals surface area contributed by atoms with Crippen LogP contribution in [0.25, 0.3) is 0 Å². The second kappa shape index (κ2) is 7.10. The SMILES string of the molecule is CCCCN(CC1CCCN1)C(=O)c1ccc(Br)o1. The smallest absolute Gasteiger partial charge is 0.289 e.